The molecule has 1 aromatic carbocycles. The summed E-state index contributed by atoms with van der Waals surface area (Å²) in [4.78, 5) is 18.5. The van der Waals surface area contributed by atoms with Crippen LogP contribution in [0.5, 0.6) is 0 Å². The van der Waals surface area contributed by atoms with Gasteiger partial charge in [-0.2, -0.15) is 4.98 Å². The maximum atomic E-state index is 12.7. The molecule has 1 amide bonds. The topological polar surface area (TPSA) is 81.6 Å². The summed E-state index contributed by atoms with van der Waals surface area (Å²) in [5, 5.41) is 4.82. The van der Waals surface area contributed by atoms with E-state index >= 15 is 0 Å². The van der Waals surface area contributed by atoms with Crippen LogP contribution >= 0.6 is 0 Å². The highest BCUT2D eigenvalue weighted by Crippen LogP contribution is 2.27. The number of benzene rings is 1. The van der Waals surface area contributed by atoms with Crippen LogP contribution in [0.2, 0.25) is 0 Å². The molecule has 0 bridgehead atoms. The van der Waals surface area contributed by atoms with Crippen LogP contribution in [-0.2, 0) is 17.7 Å². The summed E-state index contributed by atoms with van der Waals surface area (Å²) in [5.41, 5.74) is 2.63. The number of rotatable bonds is 6. The third-order valence-corrected chi connectivity index (χ3v) is 4.05. The average molecular weight is 343 g/mol. The van der Waals surface area contributed by atoms with Crippen molar-refractivity contribution in [3.8, 4) is 0 Å². The quantitative estimate of drug-likeness (QED) is 0.684. The van der Waals surface area contributed by atoms with Crippen LogP contribution in [-0.4, -0.2) is 41.7 Å². The van der Waals surface area contributed by atoms with Crippen molar-refractivity contribution in [1.82, 2.24) is 15.0 Å². The lowest BCUT2D eigenvalue weighted by molar-refractivity contribution is 0.0739. The third kappa shape index (κ3) is 3.56. The second kappa shape index (κ2) is 7.06. The number of hydrogen-bond donors (Lipinski definition) is 0. The fourth-order valence-corrected chi connectivity index (χ4v) is 2.63. The second-order valence-corrected chi connectivity index (χ2v) is 6.06. The van der Waals surface area contributed by atoms with E-state index in [2.05, 4.69) is 10.1 Å². The highest BCUT2D eigenvalue weighted by atomic mass is 16.5. The van der Waals surface area contributed by atoms with Crippen LogP contribution < -0.4 is 0 Å². The first kappa shape index (κ1) is 17.2. The van der Waals surface area contributed by atoms with Crippen molar-refractivity contribution in [3.63, 3.8) is 0 Å². The van der Waals surface area contributed by atoms with Crippen molar-refractivity contribution >= 4 is 16.9 Å². The molecule has 7 heteroatoms. The molecule has 0 fully saturated rings. The van der Waals surface area contributed by atoms with E-state index < -0.39 is 0 Å². The highest BCUT2D eigenvalue weighted by molar-refractivity contribution is 5.98. The molecule has 25 heavy (non-hydrogen) atoms. The van der Waals surface area contributed by atoms with Gasteiger partial charge in [0.05, 0.1) is 6.61 Å². The molecule has 0 N–H and O–H groups in total. The molecule has 0 spiro atoms. The Labute approximate surface area is 145 Å². The predicted molar refractivity (Wildman–Crippen MR) is 91.4 cm³/mol. The number of carbonyl (C=O) groups is 1. The van der Waals surface area contributed by atoms with Crippen molar-refractivity contribution in [2.45, 2.75) is 26.8 Å². The van der Waals surface area contributed by atoms with Crippen molar-refractivity contribution < 1.29 is 18.5 Å². The maximum Gasteiger partial charge on any atom is 0.290 e. The summed E-state index contributed by atoms with van der Waals surface area (Å²) < 4.78 is 16.0. The number of nitrogens with zero attached hydrogens (tertiary/aromatic N) is 3. The zero-order chi connectivity index (χ0) is 18.0. The molecule has 132 valence electrons. The molecular weight excluding hydrogens is 322 g/mol. The van der Waals surface area contributed by atoms with E-state index in [4.69, 9.17) is 13.7 Å². The lowest BCUT2D eigenvalue weighted by Crippen LogP contribution is -2.26. The molecule has 0 aliphatic heterocycles. The summed E-state index contributed by atoms with van der Waals surface area (Å²) in [6, 6.07) is 5.91. The van der Waals surface area contributed by atoms with Gasteiger partial charge in [0.15, 0.2) is 11.6 Å². The standard InChI is InChI=1S/C18H21N3O4/c1-11-5-6-13-12(2)17(24-14(13)9-11)18(22)21(3)10-16-19-15(20-25-16)7-8-23-4/h5-6,9H,7-8,10H2,1-4H3. The van der Waals surface area contributed by atoms with Crippen LogP contribution in [0.25, 0.3) is 11.0 Å². The van der Waals surface area contributed by atoms with Crippen molar-refractivity contribution in [2.24, 2.45) is 0 Å². The largest absolute Gasteiger partial charge is 0.451 e. The van der Waals surface area contributed by atoms with Crippen LogP contribution in [0.15, 0.2) is 27.1 Å². The van der Waals surface area contributed by atoms with Crippen molar-refractivity contribution in [3.05, 3.63) is 46.8 Å². The van der Waals surface area contributed by atoms with Crippen LogP contribution in [0, 0.1) is 13.8 Å². The van der Waals surface area contributed by atoms with Gasteiger partial charge in [-0.1, -0.05) is 17.3 Å². The number of furan rings is 1. The van der Waals surface area contributed by atoms with Crippen molar-refractivity contribution in [2.75, 3.05) is 20.8 Å². The Balaban J connectivity index is 1.76. The molecule has 7 nitrogen and oxygen atoms in total. The number of methoxy groups -OCH3 is 1. The Morgan fingerprint density at radius 1 is 1.32 bits per heavy atom. The summed E-state index contributed by atoms with van der Waals surface area (Å²) >= 11 is 0. The Hall–Kier alpha value is -2.67. The molecular formula is C18H21N3O4. The Bertz CT molecular complexity index is 897. The lowest BCUT2D eigenvalue weighted by atomic mass is 10.1. The molecule has 2 heterocycles. The van der Waals surface area contributed by atoms with Gasteiger partial charge in [0.2, 0.25) is 5.89 Å². The first-order valence-electron chi connectivity index (χ1n) is 8.05. The minimum absolute atomic E-state index is 0.217. The molecule has 0 aliphatic carbocycles. The molecule has 0 atom stereocenters. The predicted octanol–water partition coefficient (Wildman–Crippen LogP) is 2.89. The molecule has 0 radical (unpaired) electrons. The molecule has 0 saturated carbocycles. The summed E-state index contributed by atoms with van der Waals surface area (Å²) in [6.07, 6.45) is 0.569. The number of hydrogen-bond acceptors (Lipinski definition) is 6. The summed E-state index contributed by atoms with van der Waals surface area (Å²) in [7, 11) is 3.30. The van der Waals surface area contributed by atoms with Crippen LogP contribution in [0.4, 0.5) is 0 Å². The lowest BCUT2D eigenvalue weighted by Gasteiger charge is -2.13. The first-order chi connectivity index (χ1) is 12.0. The van der Waals surface area contributed by atoms with E-state index in [1.807, 2.05) is 32.0 Å². The Morgan fingerprint density at radius 2 is 2.12 bits per heavy atom. The van der Waals surface area contributed by atoms with Crippen molar-refractivity contribution in [1.29, 1.82) is 0 Å². The zero-order valence-electron chi connectivity index (χ0n) is 14.8. The Kier molecular flexibility index (Phi) is 4.85. The number of fused-ring (bicyclic) bond motifs is 1. The molecule has 0 unspecified atom stereocenters. The number of carbonyl (C=O) groups excluding carboxylic acids is 1. The minimum Gasteiger partial charge on any atom is -0.451 e. The van der Waals surface area contributed by atoms with Gasteiger partial charge in [-0.3, -0.25) is 4.79 Å². The van der Waals surface area contributed by atoms with Gasteiger partial charge in [-0.05, 0) is 25.5 Å². The van der Waals surface area contributed by atoms with Crippen LogP contribution in [0.1, 0.15) is 33.4 Å². The average Bonchev–Trinajstić information content (AvgIpc) is 3.16. The summed E-state index contributed by atoms with van der Waals surface area (Å²) in [6.45, 7) is 4.61. The number of aryl methyl sites for hydroxylation is 2. The van der Waals surface area contributed by atoms with E-state index in [0.29, 0.717) is 36.1 Å². The first-order valence-corrected chi connectivity index (χ1v) is 8.05. The number of ether oxygens (including phenoxy) is 1. The fourth-order valence-electron chi connectivity index (χ4n) is 2.63. The normalized spacial score (nSPS) is 11.2. The maximum absolute atomic E-state index is 12.7. The molecule has 0 aliphatic rings. The number of aromatic nitrogens is 2. The SMILES string of the molecule is COCCc1noc(CN(C)C(=O)c2oc3cc(C)ccc3c2C)n1. The highest BCUT2D eigenvalue weighted by Gasteiger charge is 2.22. The monoisotopic (exact) mass is 343 g/mol. The third-order valence-electron chi connectivity index (χ3n) is 4.05. The van der Waals surface area contributed by atoms with E-state index in [-0.39, 0.29) is 12.5 Å². The molecule has 3 aromatic rings. The van der Waals surface area contributed by atoms with E-state index in [1.54, 1.807) is 14.2 Å². The van der Waals surface area contributed by atoms with Gasteiger partial charge in [-0.15, -0.1) is 0 Å². The van der Waals surface area contributed by atoms with Gasteiger partial charge in [-0.25, -0.2) is 0 Å². The molecule has 2 aromatic heterocycles. The van der Waals surface area contributed by atoms with E-state index in [0.717, 1.165) is 16.5 Å². The number of amides is 1. The van der Waals surface area contributed by atoms with Gasteiger partial charge < -0.3 is 18.6 Å². The molecule has 0 saturated heterocycles. The van der Waals surface area contributed by atoms with Gasteiger partial charge in [0, 0.05) is 31.5 Å². The molecule has 3 rings (SSSR count). The van der Waals surface area contributed by atoms with Gasteiger partial charge in [0.1, 0.15) is 12.1 Å². The minimum atomic E-state index is -0.219. The fraction of sp³-hybridized carbons (Fsp3) is 0.389. The van der Waals surface area contributed by atoms with Gasteiger partial charge >= 0.3 is 0 Å². The van der Waals surface area contributed by atoms with E-state index in [1.165, 1.54) is 4.90 Å². The van der Waals surface area contributed by atoms with E-state index in [9.17, 15) is 4.79 Å². The van der Waals surface area contributed by atoms with Crippen LogP contribution in [0.3, 0.4) is 0 Å². The van der Waals surface area contributed by atoms with Gasteiger partial charge in [0.25, 0.3) is 5.91 Å². The smallest absolute Gasteiger partial charge is 0.290 e. The second-order valence-electron chi connectivity index (χ2n) is 6.06. The summed E-state index contributed by atoms with van der Waals surface area (Å²) in [5.74, 6) is 1.06. The Morgan fingerprint density at radius 3 is 2.88 bits per heavy atom. The zero-order valence-corrected chi connectivity index (χ0v) is 14.8.